The zero-order valence-corrected chi connectivity index (χ0v) is 9.62. The Hall–Kier alpha value is -1.61. The lowest BCUT2D eigenvalue weighted by Crippen LogP contribution is -2.22. The van der Waals surface area contributed by atoms with E-state index in [0.29, 0.717) is 18.7 Å². The van der Waals surface area contributed by atoms with E-state index in [0.717, 1.165) is 17.6 Å². The maximum absolute atomic E-state index is 11.6. The summed E-state index contributed by atoms with van der Waals surface area (Å²) in [6.07, 6.45) is 0.749. The van der Waals surface area contributed by atoms with Crippen LogP contribution >= 0.6 is 0 Å². The first-order valence-corrected chi connectivity index (χ1v) is 5.45. The van der Waals surface area contributed by atoms with E-state index in [1.807, 2.05) is 25.1 Å². The Bertz CT molecular complexity index is 352. The van der Waals surface area contributed by atoms with Gasteiger partial charge >= 0.3 is 0 Å². The van der Waals surface area contributed by atoms with Crippen molar-refractivity contribution in [2.45, 2.75) is 13.3 Å². The molecule has 3 heteroatoms. The van der Waals surface area contributed by atoms with Gasteiger partial charge in [0.2, 0.25) is 0 Å². The molecule has 0 aliphatic heterocycles. The number of rotatable bonds is 5. The smallest absolute Gasteiger partial charge is 0.251 e. The molecule has 1 aromatic carbocycles. The molecule has 0 aromatic heterocycles. The summed E-state index contributed by atoms with van der Waals surface area (Å²) >= 11 is 0. The molecule has 1 aromatic rings. The van der Waals surface area contributed by atoms with Crippen molar-refractivity contribution in [3.63, 3.8) is 0 Å². The molecule has 0 aliphatic carbocycles. The average molecular weight is 218 g/mol. The van der Waals surface area contributed by atoms with Crippen LogP contribution in [0.1, 0.15) is 29.3 Å². The van der Waals surface area contributed by atoms with Gasteiger partial charge in [0.1, 0.15) is 0 Å². The zero-order chi connectivity index (χ0) is 12.0. The highest BCUT2D eigenvalue weighted by molar-refractivity contribution is 5.95. The van der Waals surface area contributed by atoms with Gasteiger partial charge in [0.15, 0.2) is 0 Å². The van der Waals surface area contributed by atoms with E-state index in [1.165, 1.54) is 0 Å². The Morgan fingerprint density at radius 2 is 2.12 bits per heavy atom. The van der Waals surface area contributed by atoms with Crippen molar-refractivity contribution in [3.8, 4) is 0 Å². The van der Waals surface area contributed by atoms with Gasteiger partial charge in [0.05, 0.1) is 0 Å². The topological polar surface area (TPSA) is 55.1 Å². The Kier molecular flexibility index (Phi) is 4.73. The van der Waals surface area contributed by atoms with Gasteiger partial charge in [-0.05, 0) is 43.2 Å². The summed E-state index contributed by atoms with van der Waals surface area (Å²) in [6.45, 7) is 7.05. The summed E-state index contributed by atoms with van der Waals surface area (Å²) in [5.74, 6) is -0.0510. The summed E-state index contributed by atoms with van der Waals surface area (Å²) in [5.41, 5.74) is 8.08. The second-order valence-electron chi connectivity index (χ2n) is 3.58. The molecule has 0 atom stereocenters. The fraction of sp³-hybridized carbons (Fsp3) is 0.308. The molecule has 1 amide bonds. The van der Waals surface area contributed by atoms with Crippen LogP contribution in [0.5, 0.6) is 0 Å². The quantitative estimate of drug-likeness (QED) is 0.791. The molecule has 0 unspecified atom stereocenters. The molecule has 0 bridgehead atoms. The SMILES string of the molecule is C=C(CCN)c1cccc(C(=O)NCC)c1. The highest BCUT2D eigenvalue weighted by Crippen LogP contribution is 2.16. The van der Waals surface area contributed by atoms with Crippen LogP contribution in [0.4, 0.5) is 0 Å². The van der Waals surface area contributed by atoms with Crippen LogP contribution < -0.4 is 11.1 Å². The highest BCUT2D eigenvalue weighted by atomic mass is 16.1. The molecule has 0 aliphatic rings. The minimum absolute atomic E-state index is 0.0510. The lowest BCUT2D eigenvalue weighted by Gasteiger charge is -2.07. The molecule has 3 N–H and O–H groups in total. The number of carbonyl (C=O) groups excluding carboxylic acids is 1. The van der Waals surface area contributed by atoms with Crippen LogP contribution in [0.3, 0.4) is 0 Å². The van der Waals surface area contributed by atoms with E-state index in [4.69, 9.17) is 5.73 Å². The summed E-state index contributed by atoms with van der Waals surface area (Å²) in [5, 5.41) is 2.77. The van der Waals surface area contributed by atoms with Gasteiger partial charge < -0.3 is 11.1 Å². The predicted molar refractivity (Wildman–Crippen MR) is 67.2 cm³/mol. The number of nitrogens with two attached hydrogens (primary N) is 1. The van der Waals surface area contributed by atoms with Gasteiger partial charge in [-0.25, -0.2) is 0 Å². The van der Waals surface area contributed by atoms with Crippen LogP contribution in [0, 0.1) is 0 Å². The van der Waals surface area contributed by atoms with Gasteiger partial charge in [0.25, 0.3) is 5.91 Å². The number of hydrogen-bond donors (Lipinski definition) is 2. The fourth-order valence-electron chi connectivity index (χ4n) is 1.46. The lowest BCUT2D eigenvalue weighted by molar-refractivity contribution is 0.0956. The Morgan fingerprint density at radius 1 is 1.44 bits per heavy atom. The van der Waals surface area contributed by atoms with Crippen molar-refractivity contribution < 1.29 is 4.79 Å². The first-order chi connectivity index (χ1) is 7.69. The fourth-order valence-corrected chi connectivity index (χ4v) is 1.46. The average Bonchev–Trinajstić information content (AvgIpc) is 2.30. The zero-order valence-electron chi connectivity index (χ0n) is 9.62. The molecule has 0 heterocycles. The molecular formula is C13H18N2O. The van der Waals surface area contributed by atoms with Gasteiger partial charge in [-0.15, -0.1) is 0 Å². The predicted octanol–water partition coefficient (Wildman–Crippen LogP) is 1.80. The summed E-state index contributed by atoms with van der Waals surface area (Å²) < 4.78 is 0. The number of benzene rings is 1. The standard InChI is InChI=1S/C13H18N2O/c1-3-15-13(16)12-6-4-5-11(9-12)10(2)7-8-14/h4-6,9H,2-3,7-8,14H2,1H3,(H,15,16). The van der Waals surface area contributed by atoms with Gasteiger partial charge in [-0.1, -0.05) is 18.7 Å². The van der Waals surface area contributed by atoms with Crippen molar-refractivity contribution in [2.24, 2.45) is 5.73 Å². The number of amides is 1. The Labute approximate surface area is 96.3 Å². The van der Waals surface area contributed by atoms with E-state index in [9.17, 15) is 4.79 Å². The third-order valence-corrected chi connectivity index (χ3v) is 2.32. The molecule has 0 spiro atoms. The monoisotopic (exact) mass is 218 g/mol. The maximum atomic E-state index is 11.6. The minimum Gasteiger partial charge on any atom is -0.352 e. The number of nitrogens with one attached hydrogen (secondary N) is 1. The summed E-state index contributed by atoms with van der Waals surface area (Å²) in [7, 11) is 0. The first-order valence-electron chi connectivity index (χ1n) is 5.45. The van der Waals surface area contributed by atoms with E-state index in [1.54, 1.807) is 6.07 Å². The lowest BCUT2D eigenvalue weighted by atomic mass is 10.0. The molecule has 3 nitrogen and oxygen atoms in total. The normalized spacial score (nSPS) is 9.88. The van der Waals surface area contributed by atoms with E-state index < -0.39 is 0 Å². The van der Waals surface area contributed by atoms with E-state index in [2.05, 4.69) is 11.9 Å². The van der Waals surface area contributed by atoms with Gasteiger partial charge in [-0.3, -0.25) is 4.79 Å². The van der Waals surface area contributed by atoms with Crippen LogP contribution in [0.2, 0.25) is 0 Å². The molecule has 16 heavy (non-hydrogen) atoms. The largest absolute Gasteiger partial charge is 0.352 e. The van der Waals surface area contributed by atoms with Crippen molar-refractivity contribution in [2.75, 3.05) is 13.1 Å². The van der Waals surface area contributed by atoms with Crippen LogP contribution in [0.15, 0.2) is 30.8 Å². The third-order valence-electron chi connectivity index (χ3n) is 2.32. The first kappa shape index (κ1) is 12.5. The Balaban J connectivity index is 2.86. The molecular weight excluding hydrogens is 200 g/mol. The molecule has 0 saturated heterocycles. The summed E-state index contributed by atoms with van der Waals surface area (Å²) in [4.78, 5) is 11.6. The van der Waals surface area contributed by atoms with Crippen molar-refractivity contribution in [1.82, 2.24) is 5.32 Å². The maximum Gasteiger partial charge on any atom is 0.251 e. The Morgan fingerprint density at radius 3 is 2.75 bits per heavy atom. The molecule has 0 saturated carbocycles. The van der Waals surface area contributed by atoms with E-state index in [-0.39, 0.29) is 5.91 Å². The number of hydrogen-bond acceptors (Lipinski definition) is 2. The third kappa shape index (κ3) is 3.21. The second-order valence-corrected chi connectivity index (χ2v) is 3.58. The van der Waals surface area contributed by atoms with Crippen molar-refractivity contribution >= 4 is 11.5 Å². The summed E-state index contributed by atoms with van der Waals surface area (Å²) in [6, 6.07) is 7.45. The second kappa shape index (κ2) is 6.08. The van der Waals surface area contributed by atoms with Crippen LogP contribution in [-0.2, 0) is 0 Å². The molecule has 0 fully saturated rings. The van der Waals surface area contributed by atoms with E-state index >= 15 is 0 Å². The van der Waals surface area contributed by atoms with Crippen LogP contribution in [-0.4, -0.2) is 19.0 Å². The molecule has 1 rings (SSSR count). The van der Waals surface area contributed by atoms with Gasteiger partial charge in [-0.2, -0.15) is 0 Å². The minimum atomic E-state index is -0.0510. The van der Waals surface area contributed by atoms with Crippen molar-refractivity contribution in [3.05, 3.63) is 42.0 Å². The molecule has 0 radical (unpaired) electrons. The van der Waals surface area contributed by atoms with Gasteiger partial charge in [0, 0.05) is 12.1 Å². The van der Waals surface area contributed by atoms with Crippen molar-refractivity contribution in [1.29, 1.82) is 0 Å². The number of carbonyl (C=O) groups is 1. The van der Waals surface area contributed by atoms with Crippen LogP contribution in [0.25, 0.3) is 5.57 Å². The highest BCUT2D eigenvalue weighted by Gasteiger charge is 2.05. The molecule has 86 valence electrons.